The van der Waals surface area contributed by atoms with Gasteiger partial charge in [0.15, 0.2) is 0 Å². The molecule has 3 rings (SSSR count). The molecule has 2 fully saturated rings. The van der Waals surface area contributed by atoms with Crippen molar-refractivity contribution in [1.29, 1.82) is 0 Å². The van der Waals surface area contributed by atoms with E-state index >= 15 is 0 Å². The third-order valence-electron chi connectivity index (χ3n) is 3.63. The Morgan fingerprint density at radius 1 is 1.59 bits per heavy atom. The first-order valence-corrected chi connectivity index (χ1v) is 6.11. The number of carbonyl (C=O) groups excluding carboxylic acids is 1. The van der Waals surface area contributed by atoms with Gasteiger partial charge in [0.1, 0.15) is 5.69 Å². The SMILES string of the molecule is Cn1cc(CN2CC3NCCCC3C2=O)nn1. The van der Waals surface area contributed by atoms with Crippen molar-refractivity contribution in [1.82, 2.24) is 25.2 Å². The molecule has 6 nitrogen and oxygen atoms in total. The van der Waals surface area contributed by atoms with Crippen molar-refractivity contribution >= 4 is 5.91 Å². The maximum atomic E-state index is 12.2. The Morgan fingerprint density at radius 3 is 3.18 bits per heavy atom. The number of aromatic nitrogens is 3. The van der Waals surface area contributed by atoms with Gasteiger partial charge in [0.05, 0.1) is 12.5 Å². The van der Waals surface area contributed by atoms with E-state index in [-0.39, 0.29) is 11.8 Å². The van der Waals surface area contributed by atoms with Gasteiger partial charge in [0, 0.05) is 25.8 Å². The van der Waals surface area contributed by atoms with Crippen LogP contribution < -0.4 is 5.32 Å². The lowest BCUT2D eigenvalue weighted by atomic mass is 9.94. The smallest absolute Gasteiger partial charge is 0.227 e. The summed E-state index contributed by atoms with van der Waals surface area (Å²) in [5, 5.41) is 11.3. The second kappa shape index (κ2) is 4.10. The Kier molecular flexibility index (Phi) is 2.58. The predicted molar refractivity (Wildman–Crippen MR) is 60.9 cm³/mol. The molecule has 1 aromatic heterocycles. The van der Waals surface area contributed by atoms with Crippen LogP contribution in [-0.2, 0) is 18.4 Å². The molecule has 0 bridgehead atoms. The van der Waals surface area contributed by atoms with Crippen LogP contribution in [0.3, 0.4) is 0 Å². The standard InChI is InChI=1S/C11H17N5O/c1-15-5-8(13-14-15)6-16-7-10-9(11(16)17)3-2-4-12-10/h5,9-10,12H,2-4,6-7H2,1H3. The van der Waals surface area contributed by atoms with Crippen molar-refractivity contribution in [3.05, 3.63) is 11.9 Å². The minimum absolute atomic E-state index is 0.181. The van der Waals surface area contributed by atoms with Crippen LogP contribution in [0.25, 0.3) is 0 Å². The summed E-state index contributed by atoms with van der Waals surface area (Å²) in [7, 11) is 1.84. The van der Waals surface area contributed by atoms with Crippen molar-refractivity contribution in [2.24, 2.45) is 13.0 Å². The number of carbonyl (C=O) groups is 1. The van der Waals surface area contributed by atoms with E-state index in [0.29, 0.717) is 12.6 Å². The van der Waals surface area contributed by atoms with E-state index in [0.717, 1.165) is 31.6 Å². The summed E-state index contributed by atoms with van der Waals surface area (Å²) in [4.78, 5) is 14.1. The Morgan fingerprint density at radius 2 is 2.47 bits per heavy atom. The van der Waals surface area contributed by atoms with E-state index in [9.17, 15) is 4.79 Å². The third-order valence-corrected chi connectivity index (χ3v) is 3.63. The van der Waals surface area contributed by atoms with Gasteiger partial charge < -0.3 is 10.2 Å². The number of amides is 1. The molecule has 2 unspecified atom stereocenters. The van der Waals surface area contributed by atoms with Crippen LogP contribution in [0.5, 0.6) is 0 Å². The molecule has 1 N–H and O–H groups in total. The van der Waals surface area contributed by atoms with Gasteiger partial charge >= 0.3 is 0 Å². The zero-order chi connectivity index (χ0) is 11.8. The second-order valence-corrected chi connectivity index (χ2v) is 4.91. The Bertz CT molecular complexity index is 429. The van der Waals surface area contributed by atoms with Crippen molar-refractivity contribution < 1.29 is 4.79 Å². The fourth-order valence-electron chi connectivity index (χ4n) is 2.81. The molecule has 2 atom stereocenters. The highest BCUT2D eigenvalue weighted by molar-refractivity contribution is 5.82. The number of piperidine rings is 1. The molecule has 2 aliphatic rings. The second-order valence-electron chi connectivity index (χ2n) is 4.91. The van der Waals surface area contributed by atoms with Crippen molar-refractivity contribution in [3.8, 4) is 0 Å². The normalized spacial score (nSPS) is 28.5. The van der Waals surface area contributed by atoms with Gasteiger partial charge in [-0.1, -0.05) is 5.21 Å². The molecule has 0 spiro atoms. The minimum Gasteiger partial charge on any atom is -0.335 e. The number of likely N-dealkylation sites (tertiary alicyclic amines) is 1. The van der Waals surface area contributed by atoms with E-state index < -0.39 is 0 Å². The summed E-state index contributed by atoms with van der Waals surface area (Å²) in [6, 6.07) is 0.341. The maximum Gasteiger partial charge on any atom is 0.227 e. The predicted octanol–water partition coefficient (Wildman–Crippen LogP) is -0.474. The van der Waals surface area contributed by atoms with Crippen LogP contribution in [0.15, 0.2) is 6.20 Å². The molecule has 6 heteroatoms. The summed E-state index contributed by atoms with van der Waals surface area (Å²) in [5.41, 5.74) is 0.861. The van der Waals surface area contributed by atoms with E-state index in [1.807, 2.05) is 18.1 Å². The van der Waals surface area contributed by atoms with Crippen LogP contribution in [0, 0.1) is 5.92 Å². The zero-order valence-electron chi connectivity index (χ0n) is 9.96. The topological polar surface area (TPSA) is 63.0 Å². The molecule has 0 aliphatic carbocycles. The molecule has 1 aromatic rings. The highest BCUT2D eigenvalue weighted by atomic mass is 16.2. The third kappa shape index (κ3) is 1.93. The molecule has 1 amide bonds. The van der Waals surface area contributed by atoms with Gasteiger partial charge in [-0.2, -0.15) is 0 Å². The van der Waals surface area contributed by atoms with Crippen LogP contribution in [0.2, 0.25) is 0 Å². The largest absolute Gasteiger partial charge is 0.335 e. The fraction of sp³-hybridized carbons (Fsp3) is 0.727. The lowest BCUT2D eigenvalue weighted by molar-refractivity contribution is -0.132. The lowest BCUT2D eigenvalue weighted by Crippen LogP contribution is -2.41. The lowest BCUT2D eigenvalue weighted by Gasteiger charge is -2.23. The average molecular weight is 235 g/mol. The maximum absolute atomic E-state index is 12.2. The van der Waals surface area contributed by atoms with Gasteiger partial charge in [-0.25, -0.2) is 0 Å². The highest BCUT2D eigenvalue weighted by Crippen LogP contribution is 2.27. The monoisotopic (exact) mass is 235 g/mol. The van der Waals surface area contributed by atoms with Crippen LogP contribution in [-0.4, -0.2) is 44.9 Å². The first-order valence-electron chi connectivity index (χ1n) is 6.11. The van der Waals surface area contributed by atoms with Crippen molar-refractivity contribution in [3.63, 3.8) is 0 Å². The quantitative estimate of drug-likeness (QED) is 0.752. The first kappa shape index (κ1) is 10.7. The Labute approximate surface area is 100.0 Å². The fourth-order valence-corrected chi connectivity index (χ4v) is 2.81. The number of hydrogen-bond donors (Lipinski definition) is 1. The van der Waals surface area contributed by atoms with Gasteiger partial charge in [-0.05, 0) is 19.4 Å². The number of rotatable bonds is 2. The molecule has 2 saturated heterocycles. The molecule has 0 saturated carbocycles. The number of nitrogens with one attached hydrogen (secondary N) is 1. The van der Waals surface area contributed by atoms with Crippen molar-refractivity contribution in [2.45, 2.75) is 25.4 Å². The highest BCUT2D eigenvalue weighted by Gasteiger charge is 2.41. The van der Waals surface area contributed by atoms with Crippen molar-refractivity contribution in [2.75, 3.05) is 13.1 Å². The Balaban J connectivity index is 1.70. The van der Waals surface area contributed by atoms with Crippen LogP contribution in [0.4, 0.5) is 0 Å². The van der Waals surface area contributed by atoms with Gasteiger partial charge in [0.2, 0.25) is 5.91 Å². The van der Waals surface area contributed by atoms with E-state index in [4.69, 9.17) is 0 Å². The van der Waals surface area contributed by atoms with Gasteiger partial charge in [-0.3, -0.25) is 9.48 Å². The molecular weight excluding hydrogens is 218 g/mol. The minimum atomic E-state index is 0.181. The summed E-state index contributed by atoms with van der Waals surface area (Å²) in [5.74, 6) is 0.452. The number of nitrogens with zero attached hydrogens (tertiary/aromatic N) is 4. The number of fused-ring (bicyclic) bond motifs is 1. The summed E-state index contributed by atoms with van der Waals surface area (Å²) >= 11 is 0. The molecule has 2 aliphatic heterocycles. The summed E-state index contributed by atoms with van der Waals surface area (Å²) in [6.45, 7) is 2.43. The van der Waals surface area contributed by atoms with E-state index in [1.165, 1.54) is 0 Å². The molecule has 3 heterocycles. The van der Waals surface area contributed by atoms with Gasteiger partial charge in [-0.15, -0.1) is 5.10 Å². The van der Waals surface area contributed by atoms with E-state index in [2.05, 4.69) is 15.6 Å². The molecular formula is C11H17N5O. The average Bonchev–Trinajstić information content (AvgIpc) is 2.86. The zero-order valence-corrected chi connectivity index (χ0v) is 9.96. The number of aryl methyl sites for hydroxylation is 1. The summed E-state index contributed by atoms with van der Waals surface area (Å²) in [6.07, 6.45) is 3.99. The van der Waals surface area contributed by atoms with Crippen LogP contribution in [0.1, 0.15) is 18.5 Å². The van der Waals surface area contributed by atoms with Gasteiger partial charge in [0.25, 0.3) is 0 Å². The molecule has 92 valence electrons. The molecule has 0 aromatic carbocycles. The van der Waals surface area contributed by atoms with E-state index in [1.54, 1.807) is 4.68 Å². The Hall–Kier alpha value is -1.43. The first-order chi connectivity index (χ1) is 8.24. The van der Waals surface area contributed by atoms with Crippen LogP contribution >= 0.6 is 0 Å². The molecule has 0 radical (unpaired) electrons. The number of hydrogen-bond acceptors (Lipinski definition) is 4. The summed E-state index contributed by atoms with van der Waals surface area (Å²) < 4.78 is 1.67. The molecule has 17 heavy (non-hydrogen) atoms.